The molecule has 2 aliphatic heterocycles. The number of hydroxylamine groups is 2. The van der Waals surface area contributed by atoms with Crippen molar-refractivity contribution in [1.29, 1.82) is 0 Å². The van der Waals surface area contributed by atoms with E-state index in [9.17, 15) is 0 Å². The summed E-state index contributed by atoms with van der Waals surface area (Å²) < 4.78 is 0. The van der Waals surface area contributed by atoms with E-state index in [0.29, 0.717) is 0 Å². The summed E-state index contributed by atoms with van der Waals surface area (Å²) in [7, 11) is 0. The van der Waals surface area contributed by atoms with Crippen molar-refractivity contribution in [1.82, 2.24) is 15.3 Å². The highest BCUT2D eigenvalue weighted by Gasteiger charge is 2.24. The minimum absolute atomic E-state index is 0.784. The zero-order chi connectivity index (χ0) is 12.2. The Bertz CT molecular complexity index is 418. The Balaban J connectivity index is 1.63. The molecule has 2 heterocycles. The molecule has 0 saturated carbocycles. The normalized spacial score (nSPS) is 19.0. The predicted molar refractivity (Wildman–Crippen MR) is 70.5 cm³/mol. The molecule has 2 aliphatic rings. The van der Waals surface area contributed by atoms with Gasteiger partial charge in [0.15, 0.2) is 0 Å². The second kappa shape index (κ2) is 5.31. The monoisotopic (exact) mass is 245 g/mol. The minimum atomic E-state index is 0.784. The van der Waals surface area contributed by atoms with Gasteiger partial charge in [0.2, 0.25) is 0 Å². The molecule has 0 aromatic heterocycles. The maximum absolute atomic E-state index is 5.75. The van der Waals surface area contributed by atoms with Crippen molar-refractivity contribution < 1.29 is 4.84 Å². The van der Waals surface area contributed by atoms with Crippen LogP contribution in [0.2, 0.25) is 0 Å². The molecule has 0 bridgehead atoms. The molecular weight excluding hydrogens is 226 g/mol. The number of nitrogens with one attached hydrogen (secondary N) is 1. The van der Waals surface area contributed by atoms with Crippen molar-refractivity contribution >= 4 is 0 Å². The van der Waals surface area contributed by atoms with E-state index in [2.05, 4.69) is 46.7 Å². The van der Waals surface area contributed by atoms with Crippen LogP contribution in [0.15, 0.2) is 42.4 Å². The van der Waals surface area contributed by atoms with E-state index in [1.807, 2.05) is 5.06 Å². The fourth-order valence-electron chi connectivity index (χ4n) is 2.41. The molecule has 0 amide bonds. The van der Waals surface area contributed by atoms with Crippen LogP contribution in [0.3, 0.4) is 0 Å². The number of fused-ring (bicyclic) bond motifs is 1. The number of rotatable bonds is 3. The molecule has 0 atom stereocenters. The van der Waals surface area contributed by atoms with Crippen LogP contribution in [0, 0.1) is 0 Å². The molecule has 0 unspecified atom stereocenters. The van der Waals surface area contributed by atoms with Crippen LogP contribution in [-0.4, -0.2) is 42.7 Å². The van der Waals surface area contributed by atoms with Gasteiger partial charge in [-0.3, -0.25) is 4.84 Å². The zero-order valence-electron chi connectivity index (χ0n) is 10.5. The number of hydrogen-bond donors (Lipinski definition) is 1. The molecule has 4 nitrogen and oxygen atoms in total. The smallest absolute Gasteiger partial charge is 0.145 e. The van der Waals surface area contributed by atoms with Crippen molar-refractivity contribution in [2.24, 2.45) is 0 Å². The summed E-state index contributed by atoms with van der Waals surface area (Å²) in [6.07, 6.45) is 3.07. The molecule has 0 aliphatic carbocycles. The third kappa shape index (κ3) is 2.43. The third-order valence-corrected chi connectivity index (χ3v) is 3.39. The predicted octanol–water partition coefficient (Wildman–Crippen LogP) is 1.18. The summed E-state index contributed by atoms with van der Waals surface area (Å²) in [4.78, 5) is 8.13. The Morgan fingerprint density at radius 2 is 2.06 bits per heavy atom. The maximum atomic E-state index is 5.75. The second-order valence-electron chi connectivity index (χ2n) is 4.61. The molecule has 1 fully saturated rings. The Labute approximate surface area is 108 Å². The van der Waals surface area contributed by atoms with Crippen molar-refractivity contribution in [3.05, 3.63) is 47.9 Å². The average Bonchev–Trinajstić information content (AvgIpc) is 2.46. The van der Waals surface area contributed by atoms with Gasteiger partial charge >= 0.3 is 0 Å². The molecule has 96 valence electrons. The van der Waals surface area contributed by atoms with E-state index in [1.54, 1.807) is 0 Å². The summed E-state index contributed by atoms with van der Waals surface area (Å²) in [6, 6.07) is 10.5. The Morgan fingerprint density at radius 1 is 1.17 bits per heavy atom. The number of nitrogens with zero attached hydrogens (tertiary/aromatic N) is 2. The summed E-state index contributed by atoms with van der Waals surface area (Å²) in [6.45, 7) is 4.77. The SMILES string of the molecule is C1=C2N(CCN1)CCON2CCc1ccccc1. The van der Waals surface area contributed by atoms with Gasteiger partial charge < -0.3 is 10.2 Å². The molecule has 3 rings (SSSR count). The fraction of sp³-hybridized carbons (Fsp3) is 0.429. The lowest BCUT2D eigenvalue weighted by molar-refractivity contribution is -0.181. The van der Waals surface area contributed by atoms with E-state index >= 15 is 0 Å². The molecular formula is C14H19N3O. The molecule has 1 saturated heterocycles. The van der Waals surface area contributed by atoms with Crippen LogP contribution >= 0.6 is 0 Å². The van der Waals surface area contributed by atoms with Gasteiger partial charge in [0, 0.05) is 25.8 Å². The summed E-state index contributed by atoms with van der Waals surface area (Å²) >= 11 is 0. The average molecular weight is 245 g/mol. The first kappa shape index (κ1) is 11.4. The van der Waals surface area contributed by atoms with Crippen LogP contribution in [0.4, 0.5) is 0 Å². The standard InChI is InChI=1S/C14H19N3O/c1-2-4-13(5-3-1)6-8-17-14-12-15-7-9-16(14)10-11-18-17/h1-5,12,15H,6-11H2. The van der Waals surface area contributed by atoms with E-state index in [0.717, 1.165) is 39.2 Å². The van der Waals surface area contributed by atoms with Crippen molar-refractivity contribution in [2.75, 3.05) is 32.8 Å². The van der Waals surface area contributed by atoms with Gasteiger partial charge in [-0.25, -0.2) is 5.06 Å². The lowest BCUT2D eigenvalue weighted by Crippen LogP contribution is -2.49. The van der Waals surface area contributed by atoms with E-state index in [4.69, 9.17) is 4.84 Å². The highest BCUT2D eigenvalue weighted by molar-refractivity contribution is 5.15. The maximum Gasteiger partial charge on any atom is 0.145 e. The van der Waals surface area contributed by atoms with Crippen molar-refractivity contribution in [2.45, 2.75) is 6.42 Å². The Hall–Kier alpha value is -1.68. The number of hydrogen-bond acceptors (Lipinski definition) is 4. The lowest BCUT2D eigenvalue weighted by Gasteiger charge is -2.41. The minimum Gasteiger partial charge on any atom is -0.386 e. The molecule has 4 heteroatoms. The van der Waals surface area contributed by atoms with Gasteiger partial charge in [-0.15, -0.1) is 0 Å². The number of benzene rings is 1. The topological polar surface area (TPSA) is 27.7 Å². The van der Waals surface area contributed by atoms with E-state index < -0.39 is 0 Å². The first-order valence-corrected chi connectivity index (χ1v) is 6.56. The van der Waals surface area contributed by atoms with Crippen molar-refractivity contribution in [3.8, 4) is 0 Å². The zero-order valence-corrected chi connectivity index (χ0v) is 10.5. The second-order valence-corrected chi connectivity index (χ2v) is 4.61. The van der Waals surface area contributed by atoms with Crippen LogP contribution in [0.25, 0.3) is 0 Å². The molecule has 1 aromatic rings. The summed E-state index contributed by atoms with van der Waals surface area (Å²) in [5.41, 5.74) is 1.35. The van der Waals surface area contributed by atoms with Crippen LogP contribution in [0.5, 0.6) is 0 Å². The molecule has 1 aromatic carbocycles. The first-order chi connectivity index (χ1) is 8.93. The highest BCUT2D eigenvalue weighted by Crippen LogP contribution is 2.18. The van der Waals surface area contributed by atoms with Gasteiger partial charge in [0.25, 0.3) is 0 Å². The Kier molecular flexibility index (Phi) is 3.37. The van der Waals surface area contributed by atoms with E-state index in [1.165, 1.54) is 11.4 Å². The van der Waals surface area contributed by atoms with Gasteiger partial charge in [-0.05, 0) is 12.0 Å². The van der Waals surface area contributed by atoms with Crippen LogP contribution in [0.1, 0.15) is 5.56 Å². The quantitative estimate of drug-likeness (QED) is 0.865. The van der Waals surface area contributed by atoms with Gasteiger partial charge in [-0.1, -0.05) is 30.3 Å². The van der Waals surface area contributed by atoms with Gasteiger partial charge in [0.1, 0.15) is 5.82 Å². The van der Waals surface area contributed by atoms with E-state index in [-0.39, 0.29) is 0 Å². The molecule has 0 radical (unpaired) electrons. The lowest BCUT2D eigenvalue weighted by atomic mass is 10.1. The largest absolute Gasteiger partial charge is 0.386 e. The van der Waals surface area contributed by atoms with Crippen molar-refractivity contribution in [3.63, 3.8) is 0 Å². The molecule has 18 heavy (non-hydrogen) atoms. The Morgan fingerprint density at radius 3 is 2.94 bits per heavy atom. The van der Waals surface area contributed by atoms with Gasteiger partial charge in [0.05, 0.1) is 13.2 Å². The highest BCUT2D eigenvalue weighted by atomic mass is 16.7. The van der Waals surface area contributed by atoms with Crippen LogP contribution < -0.4 is 5.32 Å². The summed E-state index contributed by atoms with van der Waals surface area (Å²) in [5, 5.41) is 5.30. The van der Waals surface area contributed by atoms with Gasteiger partial charge in [-0.2, -0.15) is 0 Å². The van der Waals surface area contributed by atoms with Crippen LogP contribution in [-0.2, 0) is 11.3 Å². The first-order valence-electron chi connectivity index (χ1n) is 6.56. The third-order valence-electron chi connectivity index (χ3n) is 3.39. The molecule has 0 spiro atoms. The summed E-state index contributed by atoms with van der Waals surface area (Å²) in [5.74, 6) is 1.17. The molecule has 1 N–H and O–H groups in total. The fourth-order valence-corrected chi connectivity index (χ4v) is 2.41.